The van der Waals surface area contributed by atoms with Crippen LogP contribution in [0.1, 0.15) is 68.2 Å². The first-order chi connectivity index (χ1) is 12.2. The number of hydrogen-bond donors (Lipinski definition) is 0. The topological polar surface area (TPSA) is 82.1 Å². The fourth-order valence-electron chi connectivity index (χ4n) is 2.15. The first kappa shape index (κ1) is 25.2. The molecule has 0 aromatic carbocycles. The number of rotatable bonds is 5. The molecule has 0 aliphatic heterocycles. The number of imide groups is 1. The van der Waals surface area contributed by atoms with Crippen LogP contribution in [-0.4, -0.2) is 46.4 Å². The lowest BCUT2D eigenvalue weighted by atomic mass is 9.90. The smallest absolute Gasteiger partial charge is 0.420 e. The SMILES string of the molecule is CCOC(=O)[C@@](CC)(CC#CBr)N(C(=O)OC(C)(C)C)C(=O)OC(C)(C)C. The molecule has 0 spiro atoms. The van der Waals surface area contributed by atoms with E-state index in [4.69, 9.17) is 14.2 Å². The highest BCUT2D eigenvalue weighted by molar-refractivity contribution is 9.12. The molecule has 2 amide bonds. The molecule has 154 valence electrons. The van der Waals surface area contributed by atoms with Gasteiger partial charge in [-0.15, -0.1) is 0 Å². The Bertz CT molecular complexity index is 580. The lowest BCUT2D eigenvalue weighted by Gasteiger charge is -2.39. The van der Waals surface area contributed by atoms with Gasteiger partial charge in [-0.3, -0.25) is 0 Å². The van der Waals surface area contributed by atoms with Crippen LogP contribution < -0.4 is 0 Å². The molecule has 0 aliphatic carbocycles. The molecule has 0 aromatic rings. The summed E-state index contributed by atoms with van der Waals surface area (Å²) in [4.78, 5) is 41.8. The summed E-state index contributed by atoms with van der Waals surface area (Å²) in [6.45, 7) is 13.3. The van der Waals surface area contributed by atoms with Crippen LogP contribution >= 0.6 is 15.9 Å². The summed E-state index contributed by atoms with van der Waals surface area (Å²) >= 11 is 2.98. The van der Waals surface area contributed by atoms with Crippen molar-refractivity contribution in [3.05, 3.63) is 0 Å². The quantitative estimate of drug-likeness (QED) is 0.347. The van der Waals surface area contributed by atoms with Gasteiger partial charge < -0.3 is 14.2 Å². The fraction of sp³-hybridized carbons (Fsp3) is 0.737. The molecule has 1 atom stereocenters. The van der Waals surface area contributed by atoms with E-state index in [0.717, 1.165) is 0 Å². The maximum absolute atomic E-state index is 12.9. The Morgan fingerprint density at radius 1 is 0.926 bits per heavy atom. The molecule has 0 saturated carbocycles. The molecule has 7 nitrogen and oxygen atoms in total. The monoisotopic (exact) mass is 447 g/mol. The van der Waals surface area contributed by atoms with Gasteiger partial charge in [-0.1, -0.05) is 12.8 Å². The van der Waals surface area contributed by atoms with Crippen LogP contribution in [0.5, 0.6) is 0 Å². The molecular weight excluding hydrogens is 418 g/mol. The third-order valence-corrected chi connectivity index (χ3v) is 3.55. The predicted octanol–water partition coefficient (Wildman–Crippen LogP) is 4.62. The molecule has 0 heterocycles. The molecule has 0 fully saturated rings. The van der Waals surface area contributed by atoms with Gasteiger partial charge in [0, 0.05) is 22.4 Å². The van der Waals surface area contributed by atoms with Crippen LogP contribution in [0.4, 0.5) is 9.59 Å². The zero-order valence-corrected chi connectivity index (χ0v) is 19.0. The molecule has 0 aromatic heterocycles. The van der Waals surface area contributed by atoms with Gasteiger partial charge in [0.1, 0.15) is 11.2 Å². The minimum atomic E-state index is -1.68. The lowest BCUT2D eigenvalue weighted by Crippen LogP contribution is -2.61. The van der Waals surface area contributed by atoms with Crippen molar-refractivity contribution >= 4 is 34.1 Å². The van der Waals surface area contributed by atoms with Crippen molar-refractivity contribution in [2.75, 3.05) is 6.61 Å². The van der Waals surface area contributed by atoms with Crippen molar-refractivity contribution in [1.82, 2.24) is 4.90 Å². The number of amides is 2. The normalized spacial score (nSPS) is 13.5. The zero-order valence-electron chi connectivity index (χ0n) is 17.4. The van der Waals surface area contributed by atoms with E-state index in [1.807, 2.05) is 0 Å². The first-order valence-electron chi connectivity index (χ1n) is 8.76. The van der Waals surface area contributed by atoms with E-state index in [1.165, 1.54) is 0 Å². The van der Waals surface area contributed by atoms with Crippen LogP contribution in [0.15, 0.2) is 0 Å². The van der Waals surface area contributed by atoms with Gasteiger partial charge in [0.25, 0.3) is 0 Å². The Kier molecular flexibility index (Phi) is 9.33. The number of carbonyl (C=O) groups is 3. The molecule has 0 bridgehead atoms. The van der Waals surface area contributed by atoms with E-state index in [0.29, 0.717) is 4.90 Å². The largest absolute Gasteiger partial charge is 0.464 e. The van der Waals surface area contributed by atoms with Crippen molar-refractivity contribution in [2.45, 2.75) is 85.0 Å². The van der Waals surface area contributed by atoms with E-state index in [1.54, 1.807) is 55.4 Å². The molecule has 0 N–H and O–H groups in total. The average Bonchev–Trinajstić information content (AvgIpc) is 2.47. The number of carbonyl (C=O) groups excluding carboxylic acids is 3. The second-order valence-electron chi connectivity index (χ2n) is 7.85. The van der Waals surface area contributed by atoms with E-state index in [-0.39, 0.29) is 19.4 Å². The Balaban J connectivity index is 6.38. The van der Waals surface area contributed by atoms with Crippen molar-refractivity contribution in [3.8, 4) is 10.8 Å². The lowest BCUT2D eigenvalue weighted by molar-refractivity contribution is -0.157. The number of hydrogen-bond acceptors (Lipinski definition) is 6. The molecule has 27 heavy (non-hydrogen) atoms. The minimum Gasteiger partial charge on any atom is -0.464 e. The van der Waals surface area contributed by atoms with Crippen molar-refractivity contribution in [2.24, 2.45) is 0 Å². The van der Waals surface area contributed by atoms with E-state index in [2.05, 4.69) is 26.7 Å². The second kappa shape index (κ2) is 9.98. The highest BCUT2D eigenvalue weighted by Crippen LogP contribution is 2.30. The Labute approximate surface area is 170 Å². The van der Waals surface area contributed by atoms with Gasteiger partial charge in [-0.2, -0.15) is 4.90 Å². The molecule has 0 rings (SSSR count). The maximum Gasteiger partial charge on any atom is 0.420 e. The highest BCUT2D eigenvalue weighted by atomic mass is 79.9. The van der Waals surface area contributed by atoms with Gasteiger partial charge in [0.15, 0.2) is 5.54 Å². The molecule has 0 unspecified atom stereocenters. The van der Waals surface area contributed by atoms with Crippen LogP contribution in [-0.2, 0) is 19.0 Å². The third-order valence-electron chi connectivity index (χ3n) is 3.27. The van der Waals surface area contributed by atoms with Crippen LogP contribution in [0.2, 0.25) is 0 Å². The summed E-state index contributed by atoms with van der Waals surface area (Å²) in [5, 5.41) is 0. The Morgan fingerprint density at radius 3 is 1.67 bits per heavy atom. The summed E-state index contributed by atoms with van der Waals surface area (Å²) in [5.74, 6) is 1.95. The molecule has 0 aliphatic rings. The van der Waals surface area contributed by atoms with Gasteiger partial charge >= 0.3 is 18.2 Å². The van der Waals surface area contributed by atoms with Crippen LogP contribution in [0.3, 0.4) is 0 Å². The van der Waals surface area contributed by atoms with Gasteiger partial charge in [0.05, 0.1) is 6.61 Å². The Hall–Kier alpha value is -1.75. The summed E-state index contributed by atoms with van der Waals surface area (Å²) in [6, 6.07) is 0. The Morgan fingerprint density at radius 2 is 1.37 bits per heavy atom. The van der Waals surface area contributed by atoms with Gasteiger partial charge in [0.2, 0.25) is 0 Å². The molecule has 0 saturated heterocycles. The zero-order chi connectivity index (χ0) is 21.5. The summed E-state index contributed by atoms with van der Waals surface area (Å²) in [5.41, 5.74) is -3.44. The third kappa shape index (κ3) is 7.79. The van der Waals surface area contributed by atoms with E-state index < -0.39 is 34.9 Å². The van der Waals surface area contributed by atoms with Crippen molar-refractivity contribution in [3.63, 3.8) is 0 Å². The van der Waals surface area contributed by atoms with Crippen LogP contribution in [0.25, 0.3) is 0 Å². The van der Waals surface area contributed by atoms with E-state index >= 15 is 0 Å². The van der Waals surface area contributed by atoms with Crippen molar-refractivity contribution < 1.29 is 28.6 Å². The minimum absolute atomic E-state index is 0.0754. The standard InChI is InChI=1S/C19H30BrNO6/c1-9-19(12-11-13-20,14(22)25-10-2)21(15(23)26-17(3,4)5)16(24)27-18(6,7)8/h9-10,12H2,1-8H3/t19-/m1/s1. The summed E-state index contributed by atoms with van der Waals surface area (Å²) in [6.07, 6.45) is -2.05. The summed E-state index contributed by atoms with van der Waals surface area (Å²) in [7, 11) is 0. The predicted molar refractivity (Wildman–Crippen MR) is 105 cm³/mol. The number of halogens is 1. The van der Waals surface area contributed by atoms with E-state index in [9.17, 15) is 14.4 Å². The molecule has 0 radical (unpaired) electrons. The first-order valence-corrected chi connectivity index (χ1v) is 9.55. The molecular formula is C19H30BrNO6. The van der Waals surface area contributed by atoms with Gasteiger partial charge in [-0.05, 0) is 59.7 Å². The molecule has 8 heteroatoms. The number of ether oxygens (including phenoxy) is 3. The fourth-order valence-corrected chi connectivity index (χ4v) is 2.29. The second-order valence-corrected chi connectivity index (χ2v) is 8.25. The highest BCUT2D eigenvalue weighted by Gasteiger charge is 2.52. The van der Waals surface area contributed by atoms with Crippen molar-refractivity contribution in [1.29, 1.82) is 0 Å². The summed E-state index contributed by atoms with van der Waals surface area (Å²) < 4.78 is 15.9. The average molecular weight is 448 g/mol. The van der Waals surface area contributed by atoms with Gasteiger partial charge in [-0.25, -0.2) is 14.4 Å². The maximum atomic E-state index is 12.9. The van der Waals surface area contributed by atoms with Crippen LogP contribution in [0, 0.1) is 10.8 Å². The number of nitrogens with zero attached hydrogens (tertiary/aromatic N) is 1. The number of esters is 1.